The summed E-state index contributed by atoms with van der Waals surface area (Å²) < 4.78 is 44.1. The van der Waals surface area contributed by atoms with Gasteiger partial charge in [0.25, 0.3) is 0 Å². The van der Waals surface area contributed by atoms with Crippen molar-refractivity contribution in [2.45, 2.75) is 37.5 Å². The molecular weight excluding hydrogens is 287 g/mol. The van der Waals surface area contributed by atoms with Crippen LogP contribution in [-0.4, -0.2) is 25.5 Å². The Labute approximate surface area is 122 Å². The highest BCUT2D eigenvalue weighted by molar-refractivity contribution is 7.99. The Balaban J connectivity index is 2.89. The summed E-state index contributed by atoms with van der Waals surface area (Å²) in [4.78, 5) is 0.253. The van der Waals surface area contributed by atoms with Gasteiger partial charge >= 0.3 is 6.18 Å². The Morgan fingerprint density at radius 1 is 1.30 bits per heavy atom. The molecule has 1 aromatic carbocycles. The number of methoxy groups -OCH3 is 1. The predicted octanol–water partition coefficient (Wildman–Crippen LogP) is 3.94. The van der Waals surface area contributed by atoms with E-state index in [1.165, 1.54) is 24.9 Å². The van der Waals surface area contributed by atoms with Gasteiger partial charge in [-0.25, -0.2) is 0 Å². The highest BCUT2D eigenvalue weighted by Crippen LogP contribution is 2.37. The van der Waals surface area contributed by atoms with E-state index < -0.39 is 11.7 Å². The van der Waals surface area contributed by atoms with E-state index in [0.717, 1.165) is 0 Å². The van der Waals surface area contributed by atoms with Crippen LogP contribution >= 0.6 is 11.8 Å². The number of nitrogens with one attached hydrogen (secondary N) is 1. The minimum absolute atomic E-state index is 0.236. The molecule has 0 radical (unpaired) electrons. The fourth-order valence-corrected chi connectivity index (χ4v) is 2.56. The lowest BCUT2D eigenvalue weighted by atomic mass is 10.1. The molecule has 6 heteroatoms. The molecule has 0 aliphatic rings. The van der Waals surface area contributed by atoms with Crippen LogP contribution in [0.15, 0.2) is 23.1 Å². The minimum Gasteiger partial charge on any atom is -0.384 e. The summed E-state index contributed by atoms with van der Waals surface area (Å²) in [5.74, 6) is 0.503. The average Bonchev–Trinajstić information content (AvgIpc) is 2.36. The Hall–Kier alpha value is -0.720. The van der Waals surface area contributed by atoms with Crippen LogP contribution in [0.2, 0.25) is 0 Å². The summed E-state index contributed by atoms with van der Waals surface area (Å²) in [7, 11) is 1.53. The maximum atomic E-state index is 13.1. The van der Waals surface area contributed by atoms with E-state index in [9.17, 15) is 13.2 Å². The SMILES string of the molecule is COCCSc1ccc(CNC(C)C)cc1C(F)(F)F. The van der Waals surface area contributed by atoms with Crippen molar-refractivity contribution >= 4 is 11.8 Å². The monoisotopic (exact) mass is 307 g/mol. The molecule has 0 aliphatic carbocycles. The van der Waals surface area contributed by atoms with Gasteiger partial charge in [0.2, 0.25) is 0 Å². The molecule has 1 N–H and O–H groups in total. The number of thioether (sulfide) groups is 1. The van der Waals surface area contributed by atoms with Gasteiger partial charge < -0.3 is 10.1 Å². The molecule has 0 bridgehead atoms. The van der Waals surface area contributed by atoms with Crippen molar-refractivity contribution in [3.8, 4) is 0 Å². The Morgan fingerprint density at radius 2 is 2.00 bits per heavy atom. The molecule has 114 valence electrons. The van der Waals surface area contributed by atoms with Gasteiger partial charge in [0, 0.05) is 30.3 Å². The Kier molecular flexibility index (Phi) is 6.85. The molecule has 0 unspecified atom stereocenters. The zero-order valence-electron chi connectivity index (χ0n) is 11.9. The first kappa shape index (κ1) is 17.3. The third kappa shape index (κ3) is 5.73. The molecule has 0 saturated heterocycles. The van der Waals surface area contributed by atoms with Crippen LogP contribution in [-0.2, 0) is 17.5 Å². The van der Waals surface area contributed by atoms with E-state index in [1.807, 2.05) is 13.8 Å². The molecule has 0 atom stereocenters. The molecule has 1 aromatic rings. The van der Waals surface area contributed by atoms with Crippen molar-refractivity contribution in [1.82, 2.24) is 5.32 Å². The van der Waals surface area contributed by atoms with Crippen molar-refractivity contribution in [2.24, 2.45) is 0 Å². The van der Waals surface area contributed by atoms with Crippen LogP contribution in [0.3, 0.4) is 0 Å². The average molecular weight is 307 g/mol. The fraction of sp³-hybridized carbons (Fsp3) is 0.571. The molecule has 0 spiro atoms. The van der Waals surface area contributed by atoms with Gasteiger partial charge in [-0.05, 0) is 17.7 Å². The molecule has 0 amide bonds. The zero-order chi connectivity index (χ0) is 15.2. The van der Waals surface area contributed by atoms with E-state index in [0.29, 0.717) is 24.5 Å². The van der Waals surface area contributed by atoms with E-state index in [-0.39, 0.29) is 10.9 Å². The highest BCUT2D eigenvalue weighted by atomic mass is 32.2. The van der Waals surface area contributed by atoms with Gasteiger partial charge in [0.1, 0.15) is 0 Å². The molecule has 0 fully saturated rings. The minimum atomic E-state index is -4.33. The van der Waals surface area contributed by atoms with Crippen molar-refractivity contribution in [3.05, 3.63) is 29.3 Å². The first-order valence-corrected chi connectivity index (χ1v) is 7.38. The first-order chi connectivity index (χ1) is 9.34. The number of halogens is 3. The second-order valence-electron chi connectivity index (χ2n) is 4.71. The standard InChI is InChI=1S/C14H20F3NOS/c1-10(2)18-9-11-4-5-13(20-7-6-19-3)12(8-11)14(15,16)17/h4-5,8,10,18H,6-7,9H2,1-3H3. The maximum absolute atomic E-state index is 13.1. The van der Waals surface area contributed by atoms with Crippen LogP contribution < -0.4 is 5.32 Å². The summed E-state index contributed by atoms with van der Waals surface area (Å²) in [6.45, 7) is 4.78. The third-order valence-corrected chi connectivity index (χ3v) is 3.65. The molecular formula is C14H20F3NOS. The second kappa shape index (κ2) is 7.90. The van der Waals surface area contributed by atoms with E-state index in [1.54, 1.807) is 12.1 Å². The number of rotatable bonds is 7. The van der Waals surface area contributed by atoms with Crippen LogP contribution in [0.5, 0.6) is 0 Å². The Bertz CT molecular complexity index is 421. The maximum Gasteiger partial charge on any atom is 0.417 e. The van der Waals surface area contributed by atoms with Gasteiger partial charge in [-0.15, -0.1) is 11.8 Å². The quantitative estimate of drug-likeness (QED) is 0.609. The largest absolute Gasteiger partial charge is 0.417 e. The lowest BCUT2D eigenvalue weighted by Crippen LogP contribution is -2.22. The summed E-state index contributed by atoms with van der Waals surface area (Å²) >= 11 is 1.17. The van der Waals surface area contributed by atoms with Gasteiger partial charge in [-0.2, -0.15) is 13.2 Å². The van der Waals surface area contributed by atoms with Crippen molar-refractivity contribution in [2.75, 3.05) is 19.5 Å². The van der Waals surface area contributed by atoms with Gasteiger partial charge in [-0.3, -0.25) is 0 Å². The molecule has 0 aromatic heterocycles. The molecule has 0 heterocycles. The van der Waals surface area contributed by atoms with E-state index >= 15 is 0 Å². The summed E-state index contributed by atoms with van der Waals surface area (Å²) in [5.41, 5.74) is 0.0729. The number of benzene rings is 1. The third-order valence-electron chi connectivity index (χ3n) is 2.61. The fourth-order valence-electron chi connectivity index (χ4n) is 1.59. The number of ether oxygens (including phenoxy) is 1. The molecule has 0 saturated carbocycles. The van der Waals surface area contributed by atoms with Crippen LogP contribution in [0.25, 0.3) is 0 Å². The lowest BCUT2D eigenvalue weighted by Gasteiger charge is -2.15. The van der Waals surface area contributed by atoms with Crippen LogP contribution in [0, 0.1) is 0 Å². The first-order valence-electron chi connectivity index (χ1n) is 6.40. The van der Waals surface area contributed by atoms with Crippen molar-refractivity contribution in [1.29, 1.82) is 0 Å². The number of hydrogen-bond donors (Lipinski definition) is 1. The van der Waals surface area contributed by atoms with Crippen molar-refractivity contribution < 1.29 is 17.9 Å². The number of alkyl halides is 3. The molecule has 2 nitrogen and oxygen atoms in total. The molecule has 0 aliphatic heterocycles. The van der Waals surface area contributed by atoms with Crippen LogP contribution in [0.4, 0.5) is 13.2 Å². The van der Waals surface area contributed by atoms with Crippen LogP contribution in [0.1, 0.15) is 25.0 Å². The van der Waals surface area contributed by atoms with Gasteiger partial charge in [0.15, 0.2) is 0 Å². The smallest absolute Gasteiger partial charge is 0.384 e. The van der Waals surface area contributed by atoms with Crippen molar-refractivity contribution in [3.63, 3.8) is 0 Å². The molecule has 20 heavy (non-hydrogen) atoms. The van der Waals surface area contributed by atoms with E-state index in [4.69, 9.17) is 4.74 Å². The van der Waals surface area contributed by atoms with E-state index in [2.05, 4.69) is 5.32 Å². The Morgan fingerprint density at radius 3 is 2.55 bits per heavy atom. The summed E-state index contributed by atoms with van der Waals surface area (Å²) in [6.07, 6.45) is -4.33. The highest BCUT2D eigenvalue weighted by Gasteiger charge is 2.33. The second-order valence-corrected chi connectivity index (χ2v) is 5.84. The normalized spacial score (nSPS) is 12.2. The predicted molar refractivity (Wildman–Crippen MR) is 76.0 cm³/mol. The summed E-state index contributed by atoms with van der Waals surface area (Å²) in [5, 5.41) is 3.12. The zero-order valence-corrected chi connectivity index (χ0v) is 12.7. The topological polar surface area (TPSA) is 21.3 Å². The summed E-state index contributed by atoms with van der Waals surface area (Å²) in [6, 6.07) is 4.74. The van der Waals surface area contributed by atoms with Gasteiger partial charge in [0.05, 0.1) is 12.2 Å². The molecule has 1 rings (SSSR count). The lowest BCUT2D eigenvalue weighted by molar-refractivity contribution is -0.139. The van der Waals surface area contributed by atoms with Gasteiger partial charge in [-0.1, -0.05) is 19.9 Å². The number of hydrogen-bond acceptors (Lipinski definition) is 3.